The van der Waals surface area contributed by atoms with E-state index >= 15 is 0 Å². The third-order valence-corrected chi connectivity index (χ3v) is 8.07. The highest BCUT2D eigenvalue weighted by atomic mass is 19.1. The topological polar surface area (TPSA) is 92.8 Å². The monoisotopic (exact) mass is 540 g/mol. The number of fused-ring (bicyclic) bond motifs is 1. The fourth-order valence-electron chi connectivity index (χ4n) is 5.83. The molecule has 0 bridgehead atoms. The number of benzene rings is 2. The van der Waals surface area contributed by atoms with Gasteiger partial charge in [-0.15, -0.1) is 5.10 Å². The van der Waals surface area contributed by atoms with E-state index in [1.165, 1.54) is 18.6 Å². The van der Waals surface area contributed by atoms with Gasteiger partial charge >= 0.3 is 0 Å². The summed E-state index contributed by atoms with van der Waals surface area (Å²) in [7, 11) is 0. The number of furan rings is 1. The SMILES string of the molecule is Cc1cc2cc(C(c3nnnn3C3CCCCC3)N(Cc3ccc(F)cc3)Cc3ccco3)c(=O)[nH]c2cc1C. The predicted molar refractivity (Wildman–Crippen MR) is 150 cm³/mol. The van der Waals surface area contributed by atoms with Crippen LogP contribution < -0.4 is 5.56 Å². The van der Waals surface area contributed by atoms with Gasteiger partial charge in [-0.25, -0.2) is 9.07 Å². The van der Waals surface area contributed by atoms with Crippen LogP contribution in [0.2, 0.25) is 0 Å². The Morgan fingerprint density at radius 2 is 1.82 bits per heavy atom. The Bertz CT molecular complexity index is 1650. The second kappa shape index (κ2) is 11.2. The van der Waals surface area contributed by atoms with Gasteiger partial charge in [-0.1, -0.05) is 31.4 Å². The van der Waals surface area contributed by atoms with Gasteiger partial charge in [0.05, 0.1) is 18.8 Å². The first-order chi connectivity index (χ1) is 19.5. The molecule has 1 aliphatic carbocycles. The van der Waals surface area contributed by atoms with Crippen molar-refractivity contribution in [2.75, 3.05) is 0 Å². The largest absolute Gasteiger partial charge is 0.468 e. The van der Waals surface area contributed by atoms with E-state index in [1.54, 1.807) is 18.4 Å². The van der Waals surface area contributed by atoms with Gasteiger partial charge in [0, 0.05) is 17.6 Å². The summed E-state index contributed by atoms with van der Waals surface area (Å²) in [5.41, 5.74) is 4.31. The first kappa shape index (κ1) is 26.1. The molecule has 9 heteroatoms. The van der Waals surface area contributed by atoms with Gasteiger partial charge in [0.2, 0.25) is 0 Å². The van der Waals surface area contributed by atoms with Crippen LogP contribution >= 0.6 is 0 Å². The Hall–Kier alpha value is -4.11. The quantitative estimate of drug-likeness (QED) is 0.253. The van der Waals surface area contributed by atoms with Gasteiger partial charge in [-0.3, -0.25) is 9.69 Å². The zero-order chi connectivity index (χ0) is 27.6. The van der Waals surface area contributed by atoms with E-state index in [9.17, 15) is 9.18 Å². The number of pyridine rings is 1. The molecular formula is C31H33FN6O2. The standard InChI is InChI=1S/C31H33FN6O2/c1-20-15-23-17-27(31(39)33-28(23)16-21(20)2)29(30-34-35-36-38(30)25-7-4-3-5-8-25)37(19-26-9-6-14-40-26)18-22-10-12-24(32)13-11-22/h6,9-17,25,29H,3-5,7-8,18-19H2,1-2H3,(H,33,39). The second-order valence-corrected chi connectivity index (χ2v) is 10.9. The Morgan fingerprint density at radius 3 is 2.58 bits per heavy atom. The van der Waals surface area contributed by atoms with Crippen molar-refractivity contribution < 1.29 is 8.81 Å². The number of halogens is 1. The smallest absolute Gasteiger partial charge is 0.253 e. The molecule has 206 valence electrons. The molecule has 1 N–H and O–H groups in total. The lowest BCUT2D eigenvalue weighted by Gasteiger charge is -2.32. The summed E-state index contributed by atoms with van der Waals surface area (Å²) in [6, 6.07) is 15.9. The number of aromatic nitrogens is 5. The third-order valence-electron chi connectivity index (χ3n) is 8.07. The van der Waals surface area contributed by atoms with Crippen molar-refractivity contribution in [3.8, 4) is 0 Å². The molecule has 5 aromatic rings. The van der Waals surface area contributed by atoms with Crippen molar-refractivity contribution in [3.05, 3.63) is 111 Å². The zero-order valence-electron chi connectivity index (χ0n) is 22.8. The summed E-state index contributed by atoms with van der Waals surface area (Å²) in [4.78, 5) is 19.1. The number of hydrogen-bond donors (Lipinski definition) is 1. The van der Waals surface area contributed by atoms with Crippen molar-refractivity contribution in [1.29, 1.82) is 0 Å². The molecule has 40 heavy (non-hydrogen) atoms. The average molecular weight is 541 g/mol. The molecule has 1 aliphatic rings. The first-order valence-corrected chi connectivity index (χ1v) is 13.9. The van der Waals surface area contributed by atoms with Gasteiger partial charge in [-0.05, 0) is 102 Å². The Morgan fingerprint density at radius 1 is 1.05 bits per heavy atom. The molecule has 0 aliphatic heterocycles. The van der Waals surface area contributed by atoms with Crippen LogP contribution in [0.1, 0.15) is 78.0 Å². The van der Waals surface area contributed by atoms with Gasteiger partial charge in [0.1, 0.15) is 17.6 Å². The third kappa shape index (κ3) is 5.34. The molecule has 0 amide bonds. The van der Waals surface area contributed by atoms with E-state index in [1.807, 2.05) is 35.9 Å². The van der Waals surface area contributed by atoms with Gasteiger partial charge in [-0.2, -0.15) is 0 Å². The highest BCUT2D eigenvalue weighted by molar-refractivity contribution is 5.81. The van der Waals surface area contributed by atoms with Crippen molar-refractivity contribution in [2.24, 2.45) is 0 Å². The molecular weight excluding hydrogens is 507 g/mol. The molecule has 6 rings (SSSR count). The Kier molecular flexibility index (Phi) is 7.30. The predicted octanol–water partition coefficient (Wildman–Crippen LogP) is 6.16. The van der Waals surface area contributed by atoms with Gasteiger partial charge in [0.15, 0.2) is 5.82 Å². The molecule has 2 aromatic carbocycles. The van der Waals surface area contributed by atoms with Gasteiger partial charge in [0.25, 0.3) is 5.56 Å². The molecule has 3 heterocycles. The minimum absolute atomic E-state index is 0.168. The maximum atomic E-state index is 13.8. The summed E-state index contributed by atoms with van der Waals surface area (Å²) < 4.78 is 21.5. The molecule has 0 saturated heterocycles. The number of nitrogens with zero attached hydrogens (tertiary/aromatic N) is 5. The maximum Gasteiger partial charge on any atom is 0.253 e. The van der Waals surface area contributed by atoms with Crippen molar-refractivity contribution in [1.82, 2.24) is 30.1 Å². The minimum Gasteiger partial charge on any atom is -0.468 e. The van der Waals surface area contributed by atoms with E-state index in [4.69, 9.17) is 4.42 Å². The minimum atomic E-state index is -0.582. The molecule has 1 atom stereocenters. The van der Waals surface area contributed by atoms with E-state index in [-0.39, 0.29) is 17.4 Å². The fourth-order valence-corrected chi connectivity index (χ4v) is 5.83. The summed E-state index contributed by atoms with van der Waals surface area (Å²) in [6.07, 6.45) is 7.07. The van der Waals surface area contributed by atoms with E-state index in [0.29, 0.717) is 24.5 Å². The summed E-state index contributed by atoms with van der Waals surface area (Å²) in [5, 5.41) is 14.0. The van der Waals surface area contributed by atoms with Crippen molar-refractivity contribution >= 4 is 10.9 Å². The molecule has 1 unspecified atom stereocenters. The number of aryl methyl sites for hydroxylation is 2. The van der Waals surface area contributed by atoms with Crippen LogP contribution in [0.3, 0.4) is 0 Å². The molecule has 3 aromatic heterocycles. The fraction of sp³-hybridized carbons (Fsp3) is 0.355. The number of H-pyrrole nitrogens is 1. The molecule has 0 radical (unpaired) electrons. The highest BCUT2D eigenvalue weighted by Crippen LogP contribution is 2.35. The lowest BCUT2D eigenvalue weighted by atomic mass is 9.95. The van der Waals surface area contributed by atoms with Crippen LogP contribution in [0, 0.1) is 19.7 Å². The lowest BCUT2D eigenvalue weighted by Crippen LogP contribution is -2.35. The summed E-state index contributed by atoms with van der Waals surface area (Å²) in [6.45, 7) is 4.93. The molecule has 0 spiro atoms. The Balaban J connectivity index is 1.53. The first-order valence-electron chi connectivity index (χ1n) is 13.9. The van der Waals surface area contributed by atoms with E-state index in [2.05, 4.69) is 38.4 Å². The molecule has 1 fully saturated rings. The van der Waals surface area contributed by atoms with E-state index < -0.39 is 6.04 Å². The average Bonchev–Trinajstić information content (AvgIpc) is 3.65. The molecule has 8 nitrogen and oxygen atoms in total. The number of tetrazole rings is 1. The normalized spacial score (nSPS) is 15.2. The number of aromatic amines is 1. The number of rotatable bonds is 8. The molecule has 1 saturated carbocycles. The number of nitrogens with one attached hydrogen (secondary N) is 1. The maximum absolute atomic E-state index is 13.8. The zero-order valence-corrected chi connectivity index (χ0v) is 22.8. The Labute approximate surface area is 231 Å². The van der Waals surface area contributed by atoms with Crippen molar-refractivity contribution in [2.45, 2.75) is 71.1 Å². The van der Waals surface area contributed by atoms with Crippen LogP contribution in [0.4, 0.5) is 4.39 Å². The van der Waals surface area contributed by atoms with Gasteiger partial charge < -0.3 is 9.40 Å². The van der Waals surface area contributed by atoms with Crippen molar-refractivity contribution in [3.63, 3.8) is 0 Å². The summed E-state index contributed by atoms with van der Waals surface area (Å²) >= 11 is 0. The lowest BCUT2D eigenvalue weighted by molar-refractivity contribution is 0.173. The summed E-state index contributed by atoms with van der Waals surface area (Å²) in [5.74, 6) is 1.07. The number of hydrogen-bond acceptors (Lipinski definition) is 6. The second-order valence-electron chi connectivity index (χ2n) is 10.9. The van der Waals surface area contributed by atoms with Crippen LogP contribution in [0.25, 0.3) is 10.9 Å². The van der Waals surface area contributed by atoms with Crippen LogP contribution in [-0.4, -0.2) is 30.1 Å². The van der Waals surface area contributed by atoms with Crippen LogP contribution in [0.15, 0.2) is 70.1 Å². The van der Waals surface area contributed by atoms with Crippen LogP contribution in [0.5, 0.6) is 0 Å². The van der Waals surface area contributed by atoms with Crippen LogP contribution in [-0.2, 0) is 13.1 Å². The highest BCUT2D eigenvalue weighted by Gasteiger charge is 2.33. The van der Waals surface area contributed by atoms with E-state index in [0.717, 1.165) is 59.0 Å².